The number of nitrogens with zero attached hydrogens (tertiary/aromatic N) is 1. The van der Waals surface area contributed by atoms with E-state index in [1.165, 1.54) is 0 Å². The van der Waals surface area contributed by atoms with Crippen molar-refractivity contribution in [2.24, 2.45) is 0 Å². The summed E-state index contributed by atoms with van der Waals surface area (Å²) in [6.07, 6.45) is 1.57. The zero-order valence-electron chi connectivity index (χ0n) is 5.43. The molecule has 0 bridgehead atoms. The van der Waals surface area contributed by atoms with E-state index in [1.54, 1.807) is 19.2 Å². The van der Waals surface area contributed by atoms with Crippen molar-refractivity contribution < 1.29 is 5.21 Å². The van der Waals surface area contributed by atoms with E-state index in [2.05, 4.69) is 4.98 Å². The maximum atomic E-state index is 8.48. The van der Waals surface area contributed by atoms with Gasteiger partial charge in [0.2, 0.25) is 0 Å². The Kier molecular flexibility index (Phi) is 2.09. The van der Waals surface area contributed by atoms with Gasteiger partial charge in [0.1, 0.15) is 0 Å². The van der Waals surface area contributed by atoms with Gasteiger partial charge in [0.05, 0.1) is 16.4 Å². The fraction of sp³-hybridized carbons (Fsp3) is 0.167. The van der Waals surface area contributed by atoms with Gasteiger partial charge in [-0.05, 0) is 13.0 Å². The Morgan fingerprint density at radius 2 is 2.40 bits per heavy atom. The summed E-state index contributed by atoms with van der Waals surface area (Å²) in [7, 11) is 0. The van der Waals surface area contributed by atoms with Gasteiger partial charge in [0.25, 0.3) is 0 Å². The molecular weight excluding hydrogens is 152 g/mol. The first-order valence-electron chi connectivity index (χ1n) is 2.77. The van der Waals surface area contributed by atoms with Crippen LogP contribution in [0.1, 0.15) is 5.69 Å². The predicted molar refractivity (Wildman–Crippen MR) is 39.4 cm³/mol. The minimum absolute atomic E-state index is 0.449. The van der Waals surface area contributed by atoms with E-state index in [0.717, 1.165) is 0 Å². The van der Waals surface area contributed by atoms with Crippen LogP contribution < -0.4 is 5.48 Å². The highest BCUT2D eigenvalue weighted by atomic mass is 35.5. The molecule has 10 heavy (non-hydrogen) atoms. The molecular formula is C6H7ClN2O. The highest BCUT2D eigenvalue weighted by molar-refractivity contribution is 6.33. The van der Waals surface area contributed by atoms with Crippen molar-refractivity contribution in [2.75, 3.05) is 5.48 Å². The predicted octanol–water partition coefficient (Wildman–Crippen LogP) is 1.84. The van der Waals surface area contributed by atoms with Gasteiger partial charge in [-0.2, -0.15) is 0 Å². The highest BCUT2D eigenvalue weighted by Gasteiger charge is 2.00. The van der Waals surface area contributed by atoms with Gasteiger partial charge < -0.3 is 0 Å². The standard InChI is InChI=1S/C6H7ClN2O/c1-4-6(7)5(9-10)2-3-8-4/h2-3,10H,1H3,(H,8,9). The van der Waals surface area contributed by atoms with Crippen LogP contribution in [0.5, 0.6) is 0 Å². The quantitative estimate of drug-likeness (QED) is 0.613. The number of aryl methyl sites for hydroxylation is 1. The van der Waals surface area contributed by atoms with Crippen LogP contribution in [0.3, 0.4) is 0 Å². The third-order valence-corrected chi connectivity index (χ3v) is 1.66. The molecule has 0 saturated carbocycles. The molecule has 1 heterocycles. The minimum Gasteiger partial charge on any atom is -0.291 e. The number of aromatic nitrogens is 1. The lowest BCUT2D eigenvalue weighted by molar-refractivity contribution is 0.389. The Morgan fingerprint density at radius 1 is 1.70 bits per heavy atom. The Morgan fingerprint density at radius 3 is 2.90 bits per heavy atom. The molecule has 0 amide bonds. The lowest BCUT2D eigenvalue weighted by Crippen LogP contribution is -1.92. The van der Waals surface area contributed by atoms with Gasteiger partial charge >= 0.3 is 0 Å². The fourth-order valence-corrected chi connectivity index (χ4v) is 0.789. The molecule has 0 aliphatic heterocycles. The third kappa shape index (κ3) is 1.20. The SMILES string of the molecule is Cc1nccc(NO)c1Cl. The first-order valence-corrected chi connectivity index (χ1v) is 3.14. The number of hydrogen-bond donors (Lipinski definition) is 2. The van der Waals surface area contributed by atoms with Crippen molar-refractivity contribution in [1.29, 1.82) is 0 Å². The summed E-state index contributed by atoms with van der Waals surface area (Å²) in [6, 6.07) is 1.59. The van der Waals surface area contributed by atoms with Crippen molar-refractivity contribution in [2.45, 2.75) is 6.92 Å². The monoisotopic (exact) mass is 158 g/mol. The lowest BCUT2D eigenvalue weighted by Gasteiger charge is -2.01. The Hall–Kier alpha value is -0.800. The van der Waals surface area contributed by atoms with Crippen molar-refractivity contribution >= 4 is 17.3 Å². The molecule has 1 aromatic rings. The van der Waals surface area contributed by atoms with E-state index in [4.69, 9.17) is 16.8 Å². The second-order valence-electron chi connectivity index (χ2n) is 1.87. The van der Waals surface area contributed by atoms with Crippen LogP contribution in [0.15, 0.2) is 12.3 Å². The molecule has 0 aromatic carbocycles. The van der Waals surface area contributed by atoms with E-state index in [9.17, 15) is 0 Å². The van der Waals surface area contributed by atoms with Crippen LogP contribution in [0.4, 0.5) is 5.69 Å². The average Bonchev–Trinajstić information content (AvgIpc) is 1.95. The first-order chi connectivity index (χ1) is 4.75. The first kappa shape index (κ1) is 7.31. The Bertz CT molecular complexity index is 239. The second-order valence-corrected chi connectivity index (χ2v) is 2.25. The van der Waals surface area contributed by atoms with Gasteiger partial charge in [-0.3, -0.25) is 15.7 Å². The summed E-state index contributed by atoms with van der Waals surface area (Å²) in [5.41, 5.74) is 3.14. The smallest absolute Gasteiger partial charge is 0.0872 e. The summed E-state index contributed by atoms with van der Waals surface area (Å²) in [4.78, 5) is 3.90. The molecule has 0 saturated heterocycles. The van der Waals surface area contributed by atoms with Gasteiger partial charge in [-0.15, -0.1) is 0 Å². The lowest BCUT2D eigenvalue weighted by atomic mass is 10.3. The van der Waals surface area contributed by atoms with Crippen molar-refractivity contribution in [3.8, 4) is 0 Å². The molecule has 3 nitrogen and oxygen atoms in total. The molecule has 54 valence electrons. The van der Waals surface area contributed by atoms with Crippen LogP contribution in [0.25, 0.3) is 0 Å². The number of pyridine rings is 1. The second kappa shape index (κ2) is 2.86. The Balaban J connectivity index is 3.14. The van der Waals surface area contributed by atoms with Crippen molar-refractivity contribution in [3.05, 3.63) is 23.0 Å². The molecule has 0 radical (unpaired) electrons. The molecule has 4 heteroatoms. The summed E-state index contributed by atoms with van der Waals surface area (Å²) < 4.78 is 0. The van der Waals surface area contributed by atoms with Crippen LogP contribution in [0.2, 0.25) is 5.02 Å². The number of anilines is 1. The summed E-state index contributed by atoms with van der Waals surface area (Å²) >= 11 is 5.71. The molecule has 1 rings (SSSR count). The minimum atomic E-state index is 0.449. The zero-order chi connectivity index (χ0) is 7.56. The number of rotatable bonds is 1. The molecule has 0 aliphatic rings. The number of halogens is 1. The van der Waals surface area contributed by atoms with E-state index < -0.39 is 0 Å². The highest BCUT2D eigenvalue weighted by Crippen LogP contribution is 2.21. The maximum absolute atomic E-state index is 8.48. The van der Waals surface area contributed by atoms with Gasteiger partial charge in [0.15, 0.2) is 0 Å². The van der Waals surface area contributed by atoms with Crippen LogP contribution >= 0.6 is 11.6 Å². The molecule has 0 aliphatic carbocycles. The van der Waals surface area contributed by atoms with E-state index >= 15 is 0 Å². The molecule has 0 fully saturated rings. The maximum Gasteiger partial charge on any atom is 0.0872 e. The summed E-state index contributed by atoms with van der Waals surface area (Å²) in [6.45, 7) is 1.77. The molecule has 0 spiro atoms. The average molecular weight is 159 g/mol. The molecule has 0 atom stereocenters. The van der Waals surface area contributed by atoms with E-state index in [0.29, 0.717) is 16.4 Å². The summed E-state index contributed by atoms with van der Waals surface area (Å²) in [5, 5.41) is 8.93. The van der Waals surface area contributed by atoms with Crippen LogP contribution in [-0.2, 0) is 0 Å². The topological polar surface area (TPSA) is 45.2 Å². The molecule has 2 N–H and O–H groups in total. The normalized spacial score (nSPS) is 9.50. The number of hydrogen-bond acceptors (Lipinski definition) is 3. The van der Waals surface area contributed by atoms with Crippen molar-refractivity contribution in [3.63, 3.8) is 0 Å². The molecule has 1 aromatic heterocycles. The van der Waals surface area contributed by atoms with Crippen LogP contribution in [0, 0.1) is 6.92 Å². The number of nitrogens with one attached hydrogen (secondary N) is 1. The van der Waals surface area contributed by atoms with Gasteiger partial charge in [-0.1, -0.05) is 11.6 Å². The van der Waals surface area contributed by atoms with E-state index in [1.807, 2.05) is 5.48 Å². The largest absolute Gasteiger partial charge is 0.291 e. The van der Waals surface area contributed by atoms with Crippen LogP contribution in [-0.4, -0.2) is 10.2 Å². The van der Waals surface area contributed by atoms with Gasteiger partial charge in [0, 0.05) is 6.20 Å². The van der Waals surface area contributed by atoms with Crippen molar-refractivity contribution in [1.82, 2.24) is 4.98 Å². The Labute approximate surface area is 63.6 Å². The summed E-state index contributed by atoms with van der Waals surface area (Å²) in [5.74, 6) is 0. The zero-order valence-corrected chi connectivity index (χ0v) is 6.18. The fourth-order valence-electron chi connectivity index (χ4n) is 0.635. The molecule has 0 unspecified atom stereocenters. The third-order valence-electron chi connectivity index (χ3n) is 1.18. The van der Waals surface area contributed by atoms with E-state index in [-0.39, 0.29) is 0 Å². The van der Waals surface area contributed by atoms with Gasteiger partial charge in [-0.25, -0.2) is 0 Å².